The van der Waals surface area contributed by atoms with Gasteiger partial charge < -0.3 is 15.8 Å². The van der Waals surface area contributed by atoms with E-state index in [0.717, 1.165) is 0 Å². The van der Waals surface area contributed by atoms with Gasteiger partial charge in [0.1, 0.15) is 11.7 Å². The summed E-state index contributed by atoms with van der Waals surface area (Å²) in [6.07, 6.45) is 0.275. The van der Waals surface area contributed by atoms with Crippen molar-refractivity contribution >= 4 is 27.7 Å². The first-order valence-electron chi connectivity index (χ1n) is 6.55. The molecule has 116 valence electrons. The Morgan fingerprint density at radius 1 is 1.52 bits per heavy atom. The third-order valence-electron chi connectivity index (χ3n) is 2.81. The summed E-state index contributed by atoms with van der Waals surface area (Å²) in [5.74, 6) is -0.296. The van der Waals surface area contributed by atoms with Gasteiger partial charge in [-0.1, -0.05) is 19.0 Å². The molecule has 0 aliphatic rings. The second kappa shape index (κ2) is 7.97. The first kappa shape index (κ1) is 17.4. The first-order valence-corrected chi connectivity index (χ1v) is 7.35. The molecule has 0 unspecified atom stereocenters. The van der Waals surface area contributed by atoms with Crippen LogP contribution in [0.15, 0.2) is 27.8 Å². The van der Waals surface area contributed by atoms with Crippen molar-refractivity contribution in [2.75, 3.05) is 13.1 Å². The van der Waals surface area contributed by atoms with Crippen LogP contribution in [0.3, 0.4) is 0 Å². The highest BCUT2D eigenvalue weighted by Crippen LogP contribution is 2.18. The Bertz CT molecular complexity index is 535. The zero-order valence-electron chi connectivity index (χ0n) is 12.0. The third kappa shape index (κ3) is 5.34. The van der Waals surface area contributed by atoms with Crippen LogP contribution in [-0.2, 0) is 0 Å². The monoisotopic (exact) mass is 359 g/mol. The Morgan fingerprint density at radius 3 is 2.71 bits per heavy atom. The summed E-state index contributed by atoms with van der Waals surface area (Å²) in [5.41, 5.74) is 5.83. The molecule has 5 nitrogen and oxygen atoms in total. The third-order valence-corrected chi connectivity index (χ3v) is 3.41. The maximum absolute atomic E-state index is 13.2. The molecule has 1 amide bonds. The molecule has 0 aromatic heterocycles. The summed E-state index contributed by atoms with van der Waals surface area (Å²) in [6.45, 7) is 4.85. The molecule has 0 heterocycles. The Morgan fingerprint density at radius 2 is 2.19 bits per heavy atom. The van der Waals surface area contributed by atoms with Crippen LogP contribution in [0.25, 0.3) is 0 Å². The summed E-state index contributed by atoms with van der Waals surface area (Å²) in [5, 5.41) is 11.5. The zero-order chi connectivity index (χ0) is 16.0. The Hall–Kier alpha value is -1.63. The lowest BCUT2D eigenvalue weighted by atomic mass is 10.1. The number of halogens is 2. The van der Waals surface area contributed by atoms with E-state index in [1.165, 1.54) is 18.2 Å². The number of carbonyl (C=O) groups is 1. The molecule has 0 atom stereocenters. The molecule has 0 spiro atoms. The maximum Gasteiger partial charge on any atom is 0.253 e. The standard InChI is InChI=1S/C14H19BrFN3O2/c1-9(2)8-19(6-5-13(17)18-21)14(20)10-3-4-12(16)11(15)7-10/h3-4,7,9,21H,5-6,8H2,1-2H3,(H2,17,18). The Balaban J connectivity index is 2.90. The number of rotatable bonds is 6. The van der Waals surface area contributed by atoms with Gasteiger partial charge in [-0.25, -0.2) is 4.39 Å². The number of benzene rings is 1. The van der Waals surface area contributed by atoms with Crippen LogP contribution in [0.4, 0.5) is 4.39 Å². The predicted octanol–water partition coefficient (Wildman–Crippen LogP) is 2.82. The van der Waals surface area contributed by atoms with Crippen molar-refractivity contribution in [2.45, 2.75) is 20.3 Å². The van der Waals surface area contributed by atoms with E-state index in [-0.39, 0.29) is 28.6 Å². The first-order chi connectivity index (χ1) is 9.85. The van der Waals surface area contributed by atoms with Crippen molar-refractivity contribution in [1.82, 2.24) is 4.90 Å². The molecule has 1 rings (SSSR count). The van der Waals surface area contributed by atoms with Crippen molar-refractivity contribution < 1.29 is 14.4 Å². The van der Waals surface area contributed by atoms with Crippen molar-refractivity contribution in [3.63, 3.8) is 0 Å². The number of hydrogen-bond acceptors (Lipinski definition) is 3. The van der Waals surface area contributed by atoms with E-state index in [9.17, 15) is 9.18 Å². The lowest BCUT2D eigenvalue weighted by molar-refractivity contribution is 0.0740. The van der Waals surface area contributed by atoms with Crippen molar-refractivity contribution in [1.29, 1.82) is 0 Å². The lowest BCUT2D eigenvalue weighted by Crippen LogP contribution is -2.36. The van der Waals surface area contributed by atoms with Crippen LogP contribution < -0.4 is 5.73 Å². The molecule has 0 aliphatic heterocycles. The van der Waals surface area contributed by atoms with Gasteiger partial charge in [0, 0.05) is 25.1 Å². The molecule has 0 radical (unpaired) electrons. The van der Waals surface area contributed by atoms with E-state index < -0.39 is 5.82 Å². The average Bonchev–Trinajstić information content (AvgIpc) is 2.44. The van der Waals surface area contributed by atoms with Gasteiger partial charge in [0.05, 0.1) is 4.47 Å². The van der Waals surface area contributed by atoms with Crippen LogP contribution >= 0.6 is 15.9 Å². The number of amidine groups is 1. The van der Waals surface area contributed by atoms with Crippen LogP contribution in [0.2, 0.25) is 0 Å². The molecule has 0 bridgehead atoms. The van der Waals surface area contributed by atoms with Gasteiger partial charge in [-0.15, -0.1) is 0 Å². The molecular weight excluding hydrogens is 341 g/mol. The number of amides is 1. The largest absolute Gasteiger partial charge is 0.409 e. The fourth-order valence-corrected chi connectivity index (χ4v) is 2.21. The summed E-state index contributed by atoms with van der Waals surface area (Å²) < 4.78 is 13.5. The van der Waals surface area contributed by atoms with Gasteiger partial charge >= 0.3 is 0 Å². The normalized spacial score (nSPS) is 11.8. The smallest absolute Gasteiger partial charge is 0.253 e. The van der Waals surface area contributed by atoms with E-state index in [0.29, 0.717) is 18.7 Å². The van der Waals surface area contributed by atoms with E-state index in [2.05, 4.69) is 21.1 Å². The fraction of sp³-hybridized carbons (Fsp3) is 0.429. The second-order valence-electron chi connectivity index (χ2n) is 5.12. The van der Waals surface area contributed by atoms with Crippen molar-refractivity contribution in [3.05, 3.63) is 34.1 Å². The van der Waals surface area contributed by atoms with Crippen molar-refractivity contribution in [2.24, 2.45) is 16.8 Å². The molecule has 0 saturated carbocycles. The van der Waals surface area contributed by atoms with E-state index in [4.69, 9.17) is 10.9 Å². The second-order valence-corrected chi connectivity index (χ2v) is 5.97. The summed E-state index contributed by atoms with van der Waals surface area (Å²) in [7, 11) is 0. The average molecular weight is 360 g/mol. The number of oxime groups is 1. The minimum Gasteiger partial charge on any atom is -0.409 e. The van der Waals surface area contributed by atoms with Gasteiger partial charge in [-0.3, -0.25) is 4.79 Å². The Kier molecular flexibility index (Phi) is 6.61. The molecule has 1 aromatic rings. The highest BCUT2D eigenvalue weighted by molar-refractivity contribution is 9.10. The van der Waals surface area contributed by atoms with Crippen LogP contribution in [-0.4, -0.2) is 34.9 Å². The minimum absolute atomic E-state index is 0.0665. The van der Waals surface area contributed by atoms with E-state index in [1.54, 1.807) is 4.90 Å². The molecule has 1 aromatic carbocycles. The van der Waals surface area contributed by atoms with Gasteiger partial charge in [0.15, 0.2) is 0 Å². The highest BCUT2D eigenvalue weighted by Gasteiger charge is 2.18. The number of carbonyl (C=O) groups excluding carboxylic acids is 1. The quantitative estimate of drug-likeness (QED) is 0.354. The molecule has 21 heavy (non-hydrogen) atoms. The van der Waals surface area contributed by atoms with E-state index >= 15 is 0 Å². The van der Waals surface area contributed by atoms with Crippen LogP contribution in [0.5, 0.6) is 0 Å². The molecule has 0 fully saturated rings. The van der Waals surface area contributed by atoms with Crippen LogP contribution in [0, 0.1) is 11.7 Å². The molecule has 0 saturated heterocycles. The van der Waals surface area contributed by atoms with Crippen LogP contribution in [0.1, 0.15) is 30.6 Å². The predicted molar refractivity (Wildman–Crippen MR) is 82.9 cm³/mol. The lowest BCUT2D eigenvalue weighted by Gasteiger charge is -2.24. The SMILES string of the molecule is CC(C)CN(CC/C(N)=N/O)C(=O)c1ccc(F)c(Br)c1. The van der Waals surface area contributed by atoms with Gasteiger partial charge in [-0.05, 0) is 40.0 Å². The molecule has 0 aliphatic carbocycles. The fourth-order valence-electron chi connectivity index (χ4n) is 1.83. The summed E-state index contributed by atoms with van der Waals surface area (Å²) >= 11 is 3.07. The summed E-state index contributed by atoms with van der Waals surface area (Å²) in [4.78, 5) is 14.1. The zero-order valence-corrected chi connectivity index (χ0v) is 13.6. The molecular formula is C14H19BrFN3O2. The van der Waals surface area contributed by atoms with Gasteiger partial charge in [0.2, 0.25) is 0 Å². The number of nitrogens with two attached hydrogens (primary N) is 1. The summed E-state index contributed by atoms with van der Waals surface area (Å²) in [6, 6.07) is 4.14. The maximum atomic E-state index is 13.2. The molecule has 3 N–H and O–H groups in total. The van der Waals surface area contributed by atoms with Gasteiger partial charge in [-0.2, -0.15) is 0 Å². The minimum atomic E-state index is -0.418. The number of hydrogen-bond donors (Lipinski definition) is 2. The Labute approximate surface area is 131 Å². The van der Waals surface area contributed by atoms with Crippen molar-refractivity contribution in [3.8, 4) is 0 Å². The highest BCUT2D eigenvalue weighted by atomic mass is 79.9. The molecule has 7 heteroatoms. The number of nitrogens with zero attached hydrogens (tertiary/aromatic N) is 2. The van der Waals surface area contributed by atoms with Gasteiger partial charge in [0.25, 0.3) is 5.91 Å². The van der Waals surface area contributed by atoms with E-state index in [1.807, 2.05) is 13.8 Å². The topological polar surface area (TPSA) is 78.9 Å².